The van der Waals surface area contributed by atoms with Gasteiger partial charge in [0.15, 0.2) is 12.9 Å². The first-order valence-electron chi connectivity index (χ1n) is 8.01. The lowest BCUT2D eigenvalue weighted by Crippen LogP contribution is -2.22. The number of benzene rings is 3. The van der Waals surface area contributed by atoms with Gasteiger partial charge >= 0.3 is 0 Å². The molecule has 3 aromatic carbocycles. The Morgan fingerprint density at radius 1 is 0.840 bits per heavy atom. The Hall–Kier alpha value is -2.64. The summed E-state index contributed by atoms with van der Waals surface area (Å²) in [6, 6.07) is 25.4. The predicted molar refractivity (Wildman–Crippen MR) is 102 cm³/mol. The molecule has 0 saturated carbocycles. The molecule has 3 rings (SSSR count). The number of carbonyl (C=O) groups is 1. The van der Waals surface area contributed by atoms with Crippen LogP contribution in [0.3, 0.4) is 0 Å². The molecule has 0 saturated heterocycles. The molecule has 126 valence electrons. The third-order valence-electron chi connectivity index (χ3n) is 4.10. The first-order valence-corrected chi connectivity index (χ1v) is 9.90. The van der Waals surface area contributed by atoms with Crippen LogP contribution in [0.4, 0.5) is 0 Å². The van der Waals surface area contributed by atoms with Crippen LogP contribution in [0, 0.1) is 0 Å². The van der Waals surface area contributed by atoms with Crippen LogP contribution in [0.5, 0.6) is 5.75 Å². The summed E-state index contributed by atoms with van der Waals surface area (Å²) in [5, 5.41) is 1.38. The van der Waals surface area contributed by atoms with E-state index in [0.717, 1.165) is 0 Å². The Bertz CT molecular complexity index is 861. The van der Waals surface area contributed by atoms with Crippen LogP contribution in [0.1, 0.15) is 10.4 Å². The lowest BCUT2D eigenvalue weighted by molar-refractivity contribution is 0.102. The van der Waals surface area contributed by atoms with Crippen LogP contribution in [0.25, 0.3) is 0 Å². The first kappa shape index (κ1) is 17.2. The summed E-state index contributed by atoms with van der Waals surface area (Å²) >= 11 is 0. The van der Waals surface area contributed by atoms with Crippen molar-refractivity contribution in [3.05, 3.63) is 90.5 Å². The molecule has 4 heteroatoms. The van der Waals surface area contributed by atoms with Crippen LogP contribution >= 0.6 is 7.14 Å². The highest BCUT2D eigenvalue weighted by Gasteiger charge is 2.30. The van der Waals surface area contributed by atoms with Gasteiger partial charge in [0, 0.05) is 16.2 Å². The Morgan fingerprint density at radius 2 is 1.40 bits per heavy atom. The zero-order valence-electron chi connectivity index (χ0n) is 14.0. The molecule has 0 bridgehead atoms. The van der Waals surface area contributed by atoms with E-state index in [1.165, 1.54) is 0 Å². The van der Waals surface area contributed by atoms with Gasteiger partial charge in [-0.2, -0.15) is 0 Å². The minimum atomic E-state index is -3.06. The summed E-state index contributed by atoms with van der Waals surface area (Å²) in [4.78, 5) is 12.8. The molecule has 0 aliphatic heterocycles. The fraction of sp³-hybridized carbons (Fsp3) is 0.0952. The van der Waals surface area contributed by atoms with Crippen LogP contribution < -0.4 is 15.3 Å². The van der Waals surface area contributed by atoms with Gasteiger partial charge in [-0.3, -0.25) is 4.79 Å². The molecule has 0 atom stereocenters. The van der Waals surface area contributed by atoms with E-state index in [9.17, 15) is 9.36 Å². The second kappa shape index (κ2) is 7.50. The van der Waals surface area contributed by atoms with Gasteiger partial charge in [0.05, 0.1) is 13.3 Å². The van der Waals surface area contributed by atoms with Gasteiger partial charge in [0.1, 0.15) is 5.75 Å². The topological polar surface area (TPSA) is 43.4 Å². The zero-order chi connectivity index (χ0) is 17.7. The van der Waals surface area contributed by atoms with Crippen LogP contribution in [-0.4, -0.2) is 19.1 Å². The average Bonchev–Trinajstić information content (AvgIpc) is 2.69. The number of hydrogen-bond donors (Lipinski definition) is 0. The van der Waals surface area contributed by atoms with Crippen molar-refractivity contribution >= 4 is 23.5 Å². The molecule has 0 aromatic heterocycles. The molecular formula is C21H19O3P. The third-order valence-corrected chi connectivity index (χ3v) is 7.10. The number of carbonyl (C=O) groups excluding carboxylic acids is 1. The van der Waals surface area contributed by atoms with E-state index in [4.69, 9.17) is 4.74 Å². The summed E-state index contributed by atoms with van der Waals surface area (Å²) in [5.74, 6) is 0.454. The Labute approximate surface area is 147 Å². The number of ketones is 1. The van der Waals surface area contributed by atoms with Gasteiger partial charge in [-0.15, -0.1) is 0 Å². The van der Waals surface area contributed by atoms with E-state index in [2.05, 4.69) is 0 Å². The van der Waals surface area contributed by atoms with Crippen molar-refractivity contribution in [1.29, 1.82) is 0 Å². The first-order chi connectivity index (χ1) is 12.1. The molecular weight excluding hydrogens is 331 g/mol. The van der Waals surface area contributed by atoms with Crippen molar-refractivity contribution < 1.29 is 14.1 Å². The van der Waals surface area contributed by atoms with Gasteiger partial charge in [-0.1, -0.05) is 72.8 Å². The molecule has 0 unspecified atom stereocenters. The third kappa shape index (κ3) is 3.72. The molecule has 0 N–H and O–H groups in total. The van der Waals surface area contributed by atoms with E-state index < -0.39 is 7.14 Å². The minimum Gasteiger partial charge on any atom is -0.497 e. The lowest BCUT2D eigenvalue weighted by atomic mass is 10.1. The zero-order valence-corrected chi connectivity index (χ0v) is 14.9. The van der Waals surface area contributed by atoms with Crippen molar-refractivity contribution in [2.24, 2.45) is 0 Å². The van der Waals surface area contributed by atoms with E-state index in [-0.39, 0.29) is 11.9 Å². The number of Topliss-reactive ketones (excluding diaryl/α,β-unsaturated/α-hetero) is 1. The van der Waals surface area contributed by atoms with Crippen molar-refractivity contribution in [3.8, 4) is 5.75 Å². The molecule has 0 amide bonds. The summed E-state index contributed by atoms with van der Waals surface area (Å²) in [5.41, 5.74) is 0.506. The maximum absolute atomic E-state index is 13.9. The molecule has 0 fully saturated rings. The highest BCUT2D eigenvalue weighted by Crippen LogP contribution is 2.43. The molecule has 3 aromatic rings. The van der Waals surface area contributed by atoms with Gasteiger partial charge in [-0.25, -0.2) is 0 Å². The molecule has 3 nitrogen and oxygen atoms in total. The van der Waals surface area contributed by atoms with Crippen molar-refractivity contribution in [1.82, 2.24) is 0 Å². The van der Waals surface area contributed by atoms with Crippen molar-refractivity contribution in [3.63, 3.8) is 0 Å². The largest absolute Gasteiger partial charge is 0.497 e. The Morgan fingerprint density at radius 3 is 1.92 bits per heavy atom. The maximum atomic E-state index is 13.9. The molecule has 0 aliphatic rings. The summed E-state index contributed by atoms with van der Waals surface area (Å²) in [6.07, 6.45) is -0.0474. The fourth-order valence-electron chi connectivity index (χ4n) is 2.76. The Balaban J connectivity index is 2.01. The van der Waals surface area contributed by atoms with Crippen molar-refractivity contribution in [2.45, 2.75) is 0 Å². The van der Waals surface area contributed by atoms with Crippen LogP contribution in [-0.2, 0) is 4.57 Å². The Kier molecular flexibility index (Phi) is 5.16. The highest BCUT2D eigenvalue weighted by molar-refractivity contribution is 7.79. The second-order valence-corrected chi connectivity index (χ2v) is 8.55. The molecule has 0 radical (unpaired) electrons. The lowest BCUT2D eigenvalue weighted by Gasteiger charge is -2.19. The molecule has 25 heavy (non-hydrogen) atoms. The minimum absolute atomic E-state index is 0.0474. The standard InChI is InChI=1S/C21H19O3P/c1-24-18-10-8-9-17(15-18)21(22)16-25(23,19-11-4-2-5-12-19)20-13-6-3-7-14-20/h2-15H,16H2,1H3. The van der Waals surface area contributed by atoms with E-state index in [1.807, 2.05) is 60.7 Å². The normalized spacial score (nSPS) is 11.1. The maximum Gasteiger partial charge on any atom is 0.170 e. The highest BCUT2D eigenvalue weighted by atomic mass is 31.2. The average molecular weight is 350 g/mol. The molecule has 0 aliphatic carbocycles. The summed E-state index contributed by atoms with van der Waals surface area (Å²) in [7, 11) is -1.50. The molecule has 0 heterocycles. The van der Waals surface area contributed by atoms with Gasteiger partial charge < -0.3 is 9.30 Å². The van der Waals surface area contributed by atoms with Crippen LogP contribution in [0.15, 0.2) is 84.9 Å². The van der Waals surface area contributed by atoms with E-state index >= 15 is 0 Å². The number of hydrogen-bond acceptors (Lipinski definition) is 3. The van der Waals surface area contributed by atoms with Crippen LogP contribution in [0.2, 0.25) is 0 Å². The second-order valence-electron chi connectivity index (χ2n) is 5.72. The fourth-order valence-corrected chi connectivity index (χ4v) is 5.32. The summed E-state index contributed by atoms with van der Waals surface area (Å²) < 4.78 is 19.1. The van der Waals surface area contributed by atoms with E-state index in [1.54, 1.807) is 31.4 Å². The smallest absolute Gasteiger partial charge is 0.170 e. The van der Waals surface area contributed by atoms with Crippen molar-refractivity contribution in [2.75, 3.05) is 13.3 Å². The quantitative estimate of drug-likeness (QED) is 0.500. The van der Waals surface area contributed by atoms with Gasteiger partial charge in [0.2, 0.25) is 0 Å². The van der Waals surface area contributed by atoms with E-state index in [0.29, 0.717) is 21.9 Å². The number of methoxy groups -OCH3 is 1. The predicted octanol–water partition coefficient (Wildman–Crippen LogP) is 3.89. The number of rotatable bonds is 6. The van der Waals surface area contributed by atoms with Gasteiger partial charge in [-0.05, 0) is 12.1 Å². The SMILES string of the molecule is COc1cccc(C(=O)CP(=O)(c2ccccc2)c2ccccc2)c1. The van der Waals surface area contributed by atoms with Gasteiger partial charge in [0.25, 0.3) is 0 Å². The summed E-state index contributed by atoms with van der Waals surface area (Å²) in [6.45, 7) is 0. The molecule has 0 spiro atoms. The monoisotopic (exact) mass is 350 g/mol. The number of ether oxygens (including phenoxy) is 1.